The van der Waals surface area contributed by atoms with Crippen molar-refractivity contribution in [1.29, 1.82) is 0 Å². The summed E-state index contributed by atoms with van der Waals surface area (Å²) in [4.78, 5) is 0. The zero-order chi connectivity index (χ0) is 14.7. The quantitative estimate of drug-likeness (QED) is 0.438. The van der Waals surface area contributed by atoms with E-state index in [2.05, 4.69) is 21.8 Å². The lowest BCUT2D eigenvalue weighted by Gasteiger charge is -2.10. The Morgan fingerprint density at radius 1 is 1.05 bits per heavy atom. The number of hydrogen-bond acceptors (Lipinski definition) is 3. The Morgan fingerprint density at radius 2 is 1.86 bits per heavy atom. The van der Waals surface area contributed by atoms with Crippen molar-refractivity contribution in [3.8, 4) is 0 Å². The van der Waals surface area contributed by atoms with Gasteiger partial charge >= 0.3 is 0 Å². The van der Waals surface area contributed by atoms with Crippen LogP contribution < -0.4 is 5.84 Å². The van der Waals surface area contributed by atoms with Crippen LogP contribution in [0.15, 0.2) is 59.8 Å². The third kappa shape index (κ3) is 2.53. The van der Waals surface area contributed by atoms with Crippen molar-refractivity contribution in [1.82, 2.24) is 4.57 Å². The van der Waals surface area contributed by atoms with Crippen molar-refractivity contribution in [2.75, 3.05) is 0 Å². The van der Waals surface area contributed by atoms with Gasteiger partial charge in [0.05, 0.1) is 12.8 Å². The fourth-order valence-corrected chi connectivity index (χ4v) is 2.63. The monoisotopic (exact) mass is 279 g/mol. The van der Waals surface area contributed by atoms with Crippen LogP contribution in [0.4, 0.5) is 0 Å². The zero-order valence-corrected chi connectivity index (χ0v) is 11.6. The molecule has 0 unspecified atom stereocenters. The molecule has 0 fully saturated rings. The first-order valence-electron chi connectivity index (χ1n) is 6.82. The topological polar surface area (TPSA) is 63.5 Å². The molecule has 1 heterocycles. The lowest BCUT2D eigenvalue weighted by molar-refractivity contribution is 0.280. The predicted molar refractivity (Wildman–Crippen MR) is 85.2 cm³/mol. The van der Waals surface area contributed by atoms with Crippen LogP contribution in [0.2, 0.25) is 0 Å². The van der Waals surface area contributed by atoms with Gasteiger partial charge in [-0.25, -0.2) is 0 Å². The number of aromatic nitrogens is 1. The number of nitrogens with zero attached hydrogens (tertiary/aromatic N) is 2. The highest BCUT2D eigenvalue weighted by molar-refractivity contribution is 5.98. The molecule has 0 amide bonds. The number of aliphatic hydroxyl groups is 1. The maximum absolute atomic E-state index is 9.43. The van der Waals surface area contributed by atoms with Crippen molar-refractivity contribution in [2.45, 2.75) is 13.2 Å². The van der Waals surface area contributed by atoms with E-state index in [1.165, 1.54) is 0 Å². The standard InChI is InChI=1S/C17H17N3O/c18-19-10-13-6-3-7-17-16(13)8-9-20(17)11-14-4-1-2-5-15(14)12-21/h1-10,21H,11-12,18H2. The van der Waals surface area contributed by atoms with Gasteiger partial charge in [0.15, 0.2) is 0 Å². The largest absolute Gasteiger partial charge is 0.392 e. The maximum atomic E-state index is 9.43. The molecule has 2 aromatic carbocycles. The van der Waals surface area contributed by atoms with Crippen molar-refractivity contribution >= 4 is 17.1 Å². The van der Waals surface area contributed by atoms with Crippen molar-refractivity contribution < 1.29 is 5.11 Å². The van der Waals surface area contributed by atoms with E-state index >= 15 is 0 Å². The highest BCUT2D eigenvalue weighted by Crippen LogP contribution is 2.21. The zero-order valence-electron chi connectivity index (χ0n) is 11.6. The normalized spacial score (nSPS) is 11.5. The number of rotatable bonds is 4. The summed E-state index contributed by atoms with van der Waals surface area (Å²) in [6.07, 6.45) is 3.71. The van der Waals surface area contributed by atoms with Crippen LogP contribution in [0, 0.1) is 0 Å². The minimum absolute atomic E-state index is 0.0560. The van der Waals surface area contributed by atoms with Crippen LogP contribution in [0.5, 0.6) is 0 Å². The highest BCUT2D eigenvalue weighted by atomic mass is 16.3. The molecule has 0 aliphatic carbocycles. The molecule has 4 heteroatoms. The van der Waals surface area contributed by atoms with E-state index in [1.807, 2.05) is 42.6 Å². The second-order valence-electron chi connectivity index (χ2n) is 4.93. The molecule has 0 aliphatic heterocycles. The van der Waals surface area contributed by atoms with Gasteiger partial charge in [-0.05, 0) is 23.3 Å². The minimum atomic E-state index is 0.0560. The average molecular weight is 279 g/mol. The first-order chi connectivity index (χ1) is 10.3. The highest BCUT2D eigenvalue weighted by Gasteiger charge is 2.07. The molecular formula is C17H17N3O. The lowest BCUT2D eigenvalue weighted by Crippen LogP contribution is -2.02. The second kappa shape index (κ2) is 5.81. The van der Waals surface area contributed by atoms with E-state index in [-0.39, 0.29) is 6.61 Å². The van der Waals surface area contributed by atoms with Crippen LogP contribution in [-0.4, -0.2) is 15.9 Å². The maximum Gasteiger partial charge on any atom is 0.0685 e. The van der Waals surface area contributed by atoms with E-state index in [4.69, 9.17) is 5.84 Å². The fraction of sp³-hybridized carbons (Fsp3) is 0.118. The molecule has 0 saturated carbocycles. The van der Waals surface area contributed by atoms with Gasteiger partial charge in [-0.1, -0.05) is 36.4 Å². The molecule has 0 spiro atoms. The van der Waals surface area contributed by atoms with Gasteiger partial charge in [-0.3, -0.25) is 0 Å². The summed E-state index contributed by atoms with van der Waals surface area (Å²) < 4.78 is 2.16. The summed E-state index contributed by atoms with van der Waals surface area (Å²) in [5.74, 6) is 5.25. The molecule has 4 nitrogen and oxygen atoms in total. The van der Waals surface area contributed by atoms with Crippen LogP contribution in [0.1, 0.15) is 16.7 Å². The Morgan fingerprint density at radius 3 is 2.62 bits per heavy atom. The van der Waals surface area contributed by atoms with Gasteiger partial charge in [0, 0.05) is 29.2 Å². The van der Waals surface area contributed by atoms with Crippen LogP contribution in [-0.2, 0) is 13.2 Å². The molecule has 0 atom stereocenters. The third-order valence-corrected chi connectivity index (χ3v) is 3.69. The van der Waals surface area contributed by atoms with Crippen LogP contribution >= 0.6 is 0 Å². The van der Waals surface area contributed by atoms with E-state index < -0.39 is 0 Å². The van der Waals surface area contributed by atoms with E-state index in [0.29, 0.717) is 0 Å². The number of hydrazone groups is 1. The SMILES string of the molecule is NN=Cc1cccc2c1ccn2Cc1ccccc1CO. The predicted octanol–water partition coefficient (Wildman–Crippen LogP) is 2.47. The fourth-order valence-electron chi connectivity index (χ4n) is 2.63. The second-order valence-corrected chi connectivity index (χ2v) is 4.93. The Balaban J connectivity index is 2.04. The number of fused-ring (bicyclic) bond motifs is 1. The molecule has 106 valence electrons. The van der Waals surface area contributed by atoms with Gasteiger partial charge in [-0.15, -0.1) is 0 Å². The molecular weight excluding hydrogens is 262 g/mol. The van der Waals surface area contributed by atoms with Crippen molar-refractivity contribution in [3.63, 3.8) is 0 Å². The summed E-state index contributed by atoms with van der Waals surface area (Å²) in [6.45, 7) is 0.782. The molecule has 3 N–H and O–H groups in total. The van der Waals surface area contributed by atoms with E-state index in [9.17, 15) is 5.11 Å². The lowest BCUT2D eigenvalue weighted by atomic mass is 10.1. The first kappa shape index (κ1) is 13.4. The Hall–Kier alpha value is -2.59. The Bertz CT molecular complexity index is 790. The number of hydrogen-bond donors (Lipinski definition) is 2. The smallest absolute Gasteiger partial charge is 0.0685 e. The van der Waals surface area contributed by atoms with Gasteiger partial charge in [-0.2, -0.15) is 5.10 Å². The molecule has 0 saturated heterocycles. The third-order valence-electron chi connectivity index (χ3n) is 3.69. The number of nitrogens with two attached hydrogens (primary N) is 1. The molecule has 3 rings (SSSR count). The average Bonchev–Trinajstić information content (AvgIpc) is 2.92. The molecule has 3 aromatic rings. The van der Waals surface area contributed by atoms with Crippen molar-refractivity contribution in [2.24, 2.45) is 10.9 Å². The van der Waals surface area contributed by atoms with Crippen LogP contribution in [0.25, 0.3) is 10.9 Å². The van der Waals surface area contributed by atoms with Crippen molar-refractivity contribution in [3.05, 3.63) is 71.4 Å². The van der Waals surface area contributed by atoms with Crippen LogP contribution in [0.3, 0.4) is 0 Å². The first-order valence-corrected chi connectivity index (χ1v) is 6.82. The molecule has 0 bridgehead atoms. The molecule has 0 radical (unpaired) electrons. The van der Waals surface area contributed by atoms with E-state index in [0.717, 1.165) is 34.1 Å². The molecule has 0 aliphatic rings. The number of aliphatic hydroxyl groups excluding tert-OH is 1. The summed E-state index contributed by atoms with van der Waals surface area (Å²) in [5.41, 5.74) is 4.21. The minimum Gasteiger partial charge on any atom is -0.392 e. The molecule has 1 aromatic heterocycles. The van der Waals surface area contributed by atoms with Gasteiger partial charge < -0.3 is 15.5 Å². The van der Waals surface area contributed by atoms with Gasteiger partial charge in [0.1, 0.15) is 0 Å². The van der Waals surface area contributed by atoms with Gasteiger partial charge in [0.25, 0.3) is 0 Å². The summed E-state index contributed by atoms with van der Waals surface area (Å²) in [6, 6.07) is 16.1. The van der Waals surface area contributed by atoms with E-state index in [1.54, 1.807) is 6.21 Å². The Labute approximate surface area is 123 Å². The summed E-state index contributed by atoms with van der Waals surface area (Å²) in [5, 5.41) is 14.2. The summed E-state index contributed by atoms with van der Waals surface area (Å²) in [7, 11) is 0. The summed E-state index contributed by atoms with van der Waals surface area (Å²) >= 11 is 0. The Kier molecular flexibility index (Phi) is 3.71. The number of benzene rings is 2. The van der Waals surface area contributed by atoms with Gasteiger partial charge in [0.2, 0.25) is 0 Å². The molecule has 21 heavy (non-hydrogen) atoms.